The van der Waals surface area contributed by atoms with Crippen molar-refractivity contribution in [3.05, 3.63) is 18.5 Å². The smallest absolute Gasteiger partial charge is 0.236 e. The number of rotatable bonds is 4. The minimum atomic E-state index is 0.0333. The summed E-state index contributed by atoms with van der Waals surface area (Å²) in [6.07, 6.45) is 6.76. The molecule has 0 bridgehead atoms. The Morgan fingerprint density at radius 3 is 3.12 bits per heavy atom. The van der Waals surface area contributed by atoms with Crippen molar-refractivity contribution in [2.24, 2.45) is 0 Å². The minimum absolute atomic E-state index is 0.0333. The summed E-state index contributed by atoms with van der Waals surface area (Å²) in [5, 5.41) is 4.14. The molecule has 0 aliphatic carbocycles. The van der Waals surface area contributed by atoms with E-state index in [2.05, 4.69) is 21.0 Å². The first kappa shape index (κ1) is 11.6. The van der Waals surface area contributed by atoms with Crippen LogP contribution in [0, 0.1) is 0 Å². The molecule has 88 valence electrons. The summed E-state index contributed by atoms with van der Waals surface area (Å²) < 4.78 is 1.90. The van der Waals surface area contributed by atoms with Crippen LogP contribution < -0.4 is 0 Å². The number of carbonyl (C=O) groups is 1. The number of aromatic nitrogens is 2. The van der Waals surface area contributed by atoms with Gasteiger partial charge in [0, 0.05) is 32.0 Å². The van der Waals surface area contributed by atoms with E-state index in [0.29, 0.717) is 0 Å². The van der Waals surface area contributed by atoms with Crippen molar-refractivity contribution in [3.8, 4) is 0 Å². The fourth-order valence-corrected chi connectivity index (χ4v) is 2.58. The van der Waals surface area contributed by atoms with Gasteiger partial charge in [0.2, 0.25) is 5.91 Å². The molecule has 1 aliphatic rings. The maximum absolute atomic E-state index is 11.8. The van der Waals surface area contributed by atoms with Gasteiger partial charge in [-0.15, -0.1) is 0 Å². The summed E-state index contributed by atoms with van der Waals surface area (Å²) in [5.74, 6) is 0.242. The lowest BCUT2D eigenvalue weighted by molar-refractivity contribution is -0.132. The lowest BCUT2D eigenvalue weighted by Gasteiger charge is -2.29. The summed E-state index contributed by atoms with van der Waals surface area (Å²) in [4.78, 5) is 13.8. The van der Waals surface area contributed by atoms with Gasteiger partial charge in [0.05, 0.1) is 4.83 Å². The predicted octanol–water partition coefficient (Wildman–Crippen LogP) is 1.66. The van der Waals surface area contributed by atoms with Gasteiger partial charge in [-0.3, -0.25) is 9.48 Å². The molecule has 0 N–H and O–H groups in total. The highest BCUT2D eigenvalue weighted by molar-refractivity contribution is 9.10. The fraction of sp³-hybridized carbons (Fsp3) is 0.636. The summed E-state index contributed by atoms with van der Waals surface area (Å²) in [6, 6.07) is 1.92. The Hall–Kier alpha value is -0.840. The number of alkyl halides is 1. The van der Waals surface area contributed by atoms with Crippen molar-refractivity contribution in [1.29, 1.82) is 0 Å². The van der Waals surface area contributed by atoms with Gasteiger partial charge in [-0.05, 0) is 25.3 Å². The van der Waals surface area contributed by atoms with Crippen LogP contribution in [0.1, 0.15) is 19.3 Å². The zero-order valence-corrected chi connectivity index (χ0v) is 10.8. The normalized spacial score (nSPS) is 21.4. The molecule has 0 spiro atoms. The second-order valence-electron chi connectivity index (χ2n) is 4.06. The van der Waals surface area contributed by atoms with E-state index >= 15 is 0 Å². The molecule has 1 saturated heterocycles. The second kappa shape index (κ2) is 5.48. The van der Waals surface area contributed by atoms with E-state index < -0.39 is 0 Å². The van der Waals surface area contributed by atoms with Crippen molar-refractivity contribution in [2.45, 2.75) is 30.6 Å². The molecule has 0 radical (unpaired) electrons. The Kier molecular flexibility index (Phi) is 3.98. The standard InChI is InChI=1S/C11H16BrN3O/c12-10-4-1-6-14(11(10)16)7-3-9-15-8-2-5-13-15/h2,5,8,10H,1,3-4,6-7,9H2. The Balaban J connectivity index is 1.75. The first-order chi connectivity index (χ1) is 7.77. The van der Waals surface area contributed by atoms with Crippen LogP contribution in [-0.2, 0) is 11.3 Å². The Labute approximate surface area is 104 Å². The molecule has 5 heteroatoms. The van der Waals surface area contributed by atoms with E-state index in [9.17, 15) is 4.79 Å². The molecule has 1 unspecified atom stereocenters. The van der Waals surface area contributed by atoms with Crippen LogP contribution in [0.15, 0.2) is 18.5 Å². The number of likely N-dealkylation sites (tertiary alicyclic amines) is 1. The lowest BCUT2D eigenvalue weighted by atomic mass is 10.1. The van der Waals surface area contributed by atoms with E-state index in [1.165, 1.54) is 0 Å². The Morgan fingerprint density at radius 2 is 2.38 bits per heavy atom. The monoisotopic (exact) mass is 285 g/mol. The molecule has 2 heterocycles. The molecule has 1 fully saturated rings. The number of carbonyl (C=O) groups excluding carboxylic acids is 1. The molecule has 0 aromatic carbocycles. The average molecular weight is 286 g/mol. The number of halogens is 1. The topological polar surface area (TPSA) is 38.1 Å². The zero-order chi connectivity index (χ0) is 11.4. The molecular formula is C11H16BrN3O. The SMILES string of the molecule is O=C1C(Br)CCCN1CCCn1cccn1. The molecule has 1 amide bonds. The summed E-state index contributed by atoms with van der Waals surface area (Å²) in [7, 11) is 0. The third-order valence-corrected chi connectivity index (χ3v) is 3.69. The molecule has 1 aliphatic heterocycles. The molecule has 4 nitrogen and oxygen atoms in total. The number of hydrogen-bond acceptors (Lipinski definition) is 2. The van der Waals surface area contributed by atoms with Gasteiger partial charge in [0.15, 0.2) is 0 Å². The molecule has 1 atom stereocenters. The molecule has 16 heavy (non-hydrogen) atoms. The zero-order valence-electron chi connectivity index (χ0n) is 9.18. The van der Waals surface area contributed by atoms with Gasteiger partial charge in [0.1, 0.15) is 0 Å². The number of nitrogens with zero attached hydrogens (tertiary/aromatic N) is 3. The molecular weight excluding hydrogens is 270 g/mol. The van der Waals surface area contributed by atoms with Gasteiger partial charge >= 0.3 is 0 Å². The van der Waals surface area contributed by atoms with Crippen LogP contribution in [0.2, 0.25) is 0 Å². The van der Waals surface area contributed by atoms with Crippen molar-refractivity contribution >= 4 is 21.8 Å². The van der Waals surface area contributed by atoms with Crippen LogP contribution >= 0.6 is 15.9 Å². The number of piperidine rings is 1. The number of amides is 1. The third-order valence-electron chi connectivity index (χ3n) is 2.84. The van der Waals surface area contributed by atoms with Gasteiger partial charge in [-0.25, -0.2) is 0 Å². The first-order valence-corrected chi connectivity index (χ1v) is 6.59. The largest absolute Gasteiger partial charge is 0.342 e. The third kappa shape index (κ3) is 2.84. The molecule has 1 aromatic rings. The molecule has 2 rings (SSSR count). The van der Waals surface area contributed by atoms with Gasteiger partial charge in [-0.2, -0.15) is 5.10 Å². The Morgan fingerprint density at radius 1 is 1.50 bits per heavy atom. The first-order valence-electron chi connectivity index (χ1n) is 5.67. The summed E-state index contributed by atoms with van der Waals surface area (Å²) >= 11 is 3.42. The van der Waals surface area contributed by atoms with E-state index in [1.807, 2.05) is 21.8 Å². The van der Waals surface area contributed by atoms with Gasteiger partial charge in [0.25, 0.3) is 0 Å². The summed E-state index contributed by atoms with van der Waals surface area (Å²) in [6.45, 7) is 2.62. The minimum Gasteiger partial charge on any atom is -0.342 e. The Bertz CT molecular complexity index is 339. The second-order valence-corrected chi connectivity index (χ2v) is 5.16. The highest BCUT2D eigenvalue weighted by Gasteiger charge is 2.25. The lowest BCUT2D eigenvalue weighted by Crippen LogP contribution is -2.42. The van der Waals surface area contributed by atoms with Crippen molar-refractivity contribution in [1.82, 2.24) is 14.7 Å². The number of hydrogen-bond donors (Lipinski definition) is 0. The maximum Gasteiger partial charge on any atom is 0.236 e. The van der Waals surface area contributed by atoms with Crippen molar-refractivity contribution < 1.29 is 4.79 Å². The highest BCUT2D eigenvalue weighted by Crippen LogP contribution is 2.18. The quantitative estimate of drug-likeness (QED) is 0.789. The highest BCUT2D eigenvalue weighted by atomic mass is 79.9. The maximum atomic E-state index is 11.8. The fourth-order valence-electron chi connectivity index (χ4n) is 1.97. The van der Waals surface area contributed by atoms with Gasteiger partial charge in [-0.1, -0.05) is 15.9 Å². The van der Waals surface area contributed by atoms with E-state index in [-0.39, 0.29) is 10.7 Å². The van der Waals surface area contributed by atoms with Crippen LogP contribution in [0.3, 0.4) is 0 Å². The van der Waals surface area contributed by atoms with Crippen LogP contribution in [0.4, 0.5) is 0 Å². The van der Waals surface area contributed by atoms with Crippen LogP contribution in [0.25, 0.3) is 0 Å². The van der Waals surface area contributed by atoms with Gasteiger partial charge < -0.3 is 4.90 Å². The van der Waals surface area contributed by atoms with Crippen molar-refractivity contribution in [3.63, 3.8) is 0 Å². The molecule has 0 saturated carbocycles. The van der Waals surface area contributed by atoms with E-state index in [0.717, 1.165) is 38.9 Å². The van der Waals surface area contributed by atoms with Crippen LogP contribution in [0.5, 0.6) is 0 Å². The number of aryl methyl sites for hydroxylation is 1. The average Bonchev–Trinajstić information content (AvgIpc) is 2.77. The van der Waals surface area contributed by atoms with E-state index in [1.54, 1.807) is 6.20 Å². The van der Waals surface area contributed by atoms with Crippen molar-refractivity contribution in [2.75, 3.05) is 13.1 Å². The summed E-state index contributed by atoms with van der Waals surface area (Å²) in [5.41, 5.74) is 0. The predicted molar refractivity (Wildman–Crippen MR) is 65.4 cm³/mol. The van der Waals surface area contributed by atoms with E-state index in [4.69, 9.17) is 0 Å². The molecule has 1 aromatic heterocycles. The van der Waals surface area contributed by atoms with Crippen LogP contribution in [-0.4, -0.2) is 38.5 Å².